The van der Waals surface area contributed by atoms with Gasteiger partial charge in [-0.2, -0.15) is 0 Å². The number of carboxylic acid groups (broad SMARTS) is 1. The Morgan fingerprint density at radius 1 is 0.960 bits per heavy atom. The second-order valence-electron chi connectivity index (χ2n) is 5.54. The first-order valence-corrected chi connectivity index (χ1v) is 7.52. The molecule has 2 aromatic heterocycles. The first-order valence-electron chi connectivity index (χ1n) is 7.52. The van der Waals surface area contributed by atoms with Crippen molar-refractivity contribution < 1.29 is 19.1 Å². The summed E-state index contributed by atoms with van der Waals surface area (Å²) in [6.07, 6.45) is 2.87. The Morgan fingerprint density at radius 3 is 2.40 bits per heavy atom. The molecule has 2 N–H and O–H groups in total. The van der Waals surface area contributed by atoms with Gasteiger partial charge in [0.1, 0.15) is 12.1 Å². The van der Waals surface area contributed by atoms with Crippen molar-refractivity contribution in [2.24, 2.45) is 0 Å². The van der Waals surface area contributed by atoms with Crippen LogP contribution in [0.1, 0.15) is 26.3 Å². The van der Waals surface area contributed by atoms with Crippen LogP contribution in [-0.2, 0) is 0 Å². The number of benzene rings is 2. The van der Waals surface area contributed by atoms with Crippen LogP contribution in [0, 0.1) is 0 Å². The third-order valence-electron chi connectivity index (χ3n) is 3.93. The highest BCUT2D eigenvalue weighted by molar-refractivity contribution is 6.08. The number of furan rings is 1. The van der Waals surface area contributed by atoms with Crippen LogP contribution in [0.4, 0.5) is 0 Å². The summed E-state index contributed by atoms with van der Waals surface area (Å²) in [5.74, 6) is -0.490. The van der Waals surface area contributed by atoms with E-state index in [0.717, 1.165) is 5.56 Å². The van der Waals surface area contributed by atoms with Gasteiger partial charge in [0.25, 0.3) is 0 Å². The van der Waals surface area contributed by atoms with Gasteiger partial charge in [-0.1, -0.05) is 24.3 Å². The molecule has 0 saturated heterocycles. The van der Waals surface area contributed by atoms with Crippen LogP contribution in [0.25, 0.3) is 22.4 Å². The van der Waals surface area contributed by atoms with Crippen LogP contribution in [0.5, 0.6) is 0 Å². The van der Waals surface area contributed by atoms with Crippen molar-refractivity contribution in [1.82, 2.24) is 9.97 Å². The van der Waals surface area contributed by atoms with Crippen LogP contribution in [-0.4, -0.2) is 26.8 Å². The maximum atomic E-state index is 12.3. The molecule has 122 valence electrons. The van der Waals surface area contributed by atoms with E-state index in [2.05, 4.69) is 9.97 Å². The molecule has 0 fully saturated rings. The van der Waals surface area contributed by atoms with Gasteiger partial charge in [0.15, 0.2) is 5.78 Å². The second kappa shape index (κ2) is 5.76. The van der Waals surface area contributed by atoms with E-state index >= 15 is 0 Å². The fourth-order valence-corrected chi connectivity index (χ4v) is 2.62. The van der Waals surface area contributed by atoms with Gasteiger partial charge in [0, 0.05) is 11.1 Å². The molecular formula is C19H12N2O4. The van der Waals surface area contributed by atoms with Gasteiger partial charge in [-0.25, -0.2) is 9.78 Å². The summed E-state index contributed by atoms with van der Waals surface area (Å²) in [5, 5.41) is 9.06. The summed E-state index contributed by atoms with van der Waals surface area (Å²) in [5.41, 5.74) is 3.37. The highest BCUT2D eigenvalue weighted by Gasteiger charge is 2.12. The Labute approximate surface area is 141 Å². The molecule has 0 spiro atoms. The van der Waals surface area contributed by atoms with Crippen molar-refractivity contribution in [3.63, 3.8) is 0 Å². The first-order chi connectivity index (χ1) is 12.1. The molecule has 4 aromatic rings. The SMILES string of the molecule is O=C(O)c1ccc2nc(-c3ccc(C(=O)c4ccoc4)cc3)[nH]c2c1. The van der Waals surface area contributed by atoms with Gasteiger partial charge in [-0.05, 0) is 24.3 Å². The second-order valence-corrected chi connectivity index (χ2v) is 5.54. The predicted octanol–water partition coefficient (Wildman–Crippen LogP) is 3.75. The third-order valence-corrected chi connectivity index (χ3v) is 3.93. The molecule has 0 aliphatic heterocycles. The fraction of sp³-hybridized carbons (Fsp3) is 0. The van der Waals surface area contributed by atoms with Crippen LogP contribution >= 0.6 is 0 Å². The smallest absolute Gasteiger partial charge is 0.335 e. The molecule has 0 saturated carbocycles. The number of fused-ring (bicyclic) bond motifs is 1. The van der Waals surface area contributed by atoms with Gasteiger partial charge < -0.3 is 14.5 Å². The Hall–Kier alpha value is -3.67. The number of imidazole rings is 1. The molecule has 0 bridgehead atoms. The minimum atomic E-state index is -0.986. The summed E-state index contributed by atoms with van der Waals surface area (Å²) in [7, 11) is 0. The zero-order valence-corrected chi connectivity index (χ0v) is 12.9. The van der Waals surface area contributed by atoms with E-state index in [0.29, 0.717) is 28.0 Å². The Kier molecular flexibility index (Phi) is 3.43. The van der Waals surface area contributed by atoms with Crippen LogP contribution < -0.4 is 0 Å². The summed E-state index contributed by atoms with van der Waals surface area (Å²) in [6.45, 7) is 0. The number of hydrogen-bond donors (Lipinski definition) is 2. The maximum Gasteiger partial charge on any atom is 0.335 e. The Morgan fingerprint density at radius 2 is 1.72 bits per heavy atom. The van der Waals surface area contributed by atoms with Crippen LogP contribution in [0.3, 0.4) is 0 Å². The van der Waals surface area contributed by atoms with Gasteiger partial charge in [-0.15, -0.1) is 0 Å². The number of aromatic carboxylic acids is 1. The lowest BCUT2D eigenvalue weighted by molar-refractivity contribution is 0.0697. The molecule has 4 rings (SSSR count). The van der Waals surface area contributed by atoms with E-state index in [1.165, 1.54) is 18.6 Å². The molecule has 0 radical (unpaired) electrons. The van der Waals surface area contributed by atoms with Crippen molar-refractivity contribution in [3.05, 3.63) is 77.7 Å². The van der Waals surface area contributed by atoms with E-state index in [1.54, 1.807) is 42.5 Å². The number of carbonyl (C=O) groups excluding carboxylic acids is 1. The lowest BCUT2D eigenvalue weighted by Crippen LogP contribution is -1.99. The fourth-order valence-electron chi connectivity index (χ4n) is 2.62. The van der Waals surface area contributed by atoms with Crippen molar-refractivity contribution in [2.75, 3.05) is 0 Å². The number of aromatic nitrogens is 2. The number of hydrogen-bond acceptors (Lipinski definition) is 4. The quantitative estimate of drug-likeness (QED) is 0.555. The summed E-state index contributed by atoms with van der Waals surface area (Å²) in [6, 6.07) is 13.4. The van der Waals surface area contributed by atoms with Gasteiger partial charge in [0.05, 0.1) is 28.4 Å². The minimum absolute atomic E-state index is 0.115. The summed E-state index contributed by atoms with van der Waals surface area (Å²) < 4.78 is 4.93. The lowest BCUT2D eigenvalue weighted by Gasteiger charge is -2.00. The standard InChI is InChI=1S/C19H12N2O4/c22-17(14-7-8-25-10-14)11-1-3-12(4-2-11)18-20-15-6-5-13(19(23)24)9-16(15)21-18/h1-10H,(H,20,21)(H,23,24). The maximum absolute atomic E-state index is 12.3. The number of ketones is 1. The van der Waals surface area contributed by atoms with E-state index in [9.17, 15) is 9.59 Å². The van der Waals surface area contributed by atoms with Gasteiger partial charge in [-0.3, -0.25) is 4.79 Å². The molecule has 6 nitrogen and oxygen atoms in total. The summed E-state index contributed by atoms with van der Waals surface area (Å²) >= 11 is 0. The highest BCUT2D eigenvalue weighted by Crippen LogP contribution is 2.22. The van der Waals surface area contributed by atoms with Crippen molar-refractivity contribution >= 4 is 22.8 Å². The molecule has 6 heteroatoms. The average molecular weight is 332 g/mol. The molecule has 0 amide bonds. The Bertz CT molecular complexity index is 1080. The monoisotopic (exact) mass is 332 g/mol. The van der Waals surface area contributed by atoms with Gasteiger partial charge >= 0.3 is 5.97 Å². The molecular weight excluding hydrogens is 320 g/mol. The highest BCUT2D eigenvalue weighted by atomic mass is 16.4. The minimum Gasteiger partial charge on any atom is -0.478 e. The molecule has 2 heterocycles. The number of H-pyrrole nitrogens is 1. The lowest BCUT2D eigenvalue weighted by atomic mass is 10.0. The molecule has 0 aliphatic rings. The largest absolute Gasteiger partial charge is 0.478 e. The number of aromatic amines is 1. The molecule has 0 unspecified atom stereocenters. The van der Waals surface area contributed by atoms with E-state index in [4.69, 9.17) is 9.52 Å². The van der Waals surface area contributed by atoms with Crippen molar-refractivity contribution in [2.45, 2.75) is 0 Å². The normalized spacial score (nSPS) is 10.9. The summed E-state index contributed by atoms with van der Waals surface area (Å²) in [4.78, 5) is 30.9. The zero-order chi connectivity index (χ0) is 17.4. The number of rotatable bonds is 4. The average Bonchev–Trinajstić information content (AvgIpc) is 3.30. The van der Waals surface area contributed by atoms with E-state index in [1.807, 2.05) is 0 Å². The van der Waals surface area contributed by atoms with E-state index < -0.39 is 5.97 Å². The third kappa shape index (κ3) is 2.70. The Balaban J connectivity index is 1.67. The topological polar surface area (TPSA) is 96.2 Å². The number of carbonyl (C=O) groups is 2. The number of nitrogens with one attached hydrogen (secondary N) is 1. The van der Waals surface area contributed by atoms with Crippen molar-refractivity contribution in [3.8, 4) is 11.4 Å². The molecule has 0 atom stereocenters. The van der Waals surface area contributed by atoms with Crippen LogP contribution in [0.15, 0.2) is 65.5 Å². The number of nitrogens with zero attached hydrogens (tertiary/aromatic N) is 1. The zero-order valence-electron chi connectivity index (χ0n) is 12.9. The van der Waals surface area contributed by atoms with Crippen LogP contribution in [0.2, 0.25) is 0 Å². The van der Waals surface area contributed by atoms with E-state index in [-0.39, 0.29) is 11.3 Å². The first kappa shape index (κ1) is 14.9. The predicted molar refractivity (Wildman–Crippen MR) is 90.6 cm³/mol. The number of carboxylic acids is 1. The molecule has 0 aliphatic carbocycles. The van der Waals surface area contributed by atoms with Gasteiger partial charge in [0.2, 0.25) is 0 Å². The molecule has 25 heavy (non-hydrogen) atoms. The van der Waals surface area contributed by atoms with Crippen molar-refractivity contribution in [1.29, 1.82) is 0 Å². The molecule has 2 aromatic carbocycles.